The molecule has 1 atom stereocenters. The molecule has 0 bridgehead atoms. The van der Waals surface area contributed by atoms with Crippen LogP contribution in [-0.2, 0) is 12.8 Å². The molecule has 1 aromatic carbocycles. The molecule has 0 aromatic heterocycles. The van der Waals surface area contributed by atoms with Crippen LogP contribution in [0.15, 0.2) is 18.2 Å². The lowest BCUT2D eigenvalue weighted by molar-refractivity contribution is 0.318. The van der Waals surface area contributed by atoms with E-state index in [2.05, 4.69) is 49.2 Å². The second kappa shape index (κ2) is 4.27. The molecule has 3 rings (SSSR count). The highest BCUT2D eigenvalue weighted by molar-refractivity contribution is 5.53. The first-order valence-corrected chi connectivity index (χ1v) is 7.19. The fourth-order valence-electron chi connectivity index (χ4n) is 3.25. The van der Waals surface area contributed by atoms with Gasteiger partial charge in [0.15, 0.2) is 0 Å². The second-order valence-corrected chi connectivity index (χ2v) is 6.55. The number of anilines is 1. The monoisotopic (exact) mass is 244 g/mol. The molecule has 1 fully saturated rings. The average molecular weight is 244 g/mol. The number of piperazine rings is 1. The lowest BCUT2D eigenvalue weighted by Gasteiger charge is -2.44. The number of hydrogen-bond acceptors (Lipinski definition) is 2. The highest BCUT2D eigenvalue weighted by Gasteiger charge is 2.30. The van der Waals surface area contributed by atoms with E-state index in [-0.39, 0.29) is 5.54 Å². The van der Waals surface area contributed by atoms with Gasteiger partial charge in [-0.1, -0.05) is 6.07 Å². The smallest absolute Gasteiger partial charge is 0.0387 e. The Hall–Kier alpha value is -1.02. The van der Waals surface area contributed by atoms with Gasteiger partial charge < -0.3 is 10.2 Å². The maximum absolute atomic E-state index is 3.62. The number of hydrogen-bond donors (Lipinski definition) is 1. The van der Waals surface area contributed by atoms with Gasteiger partial charge in [-0.25, -0.2) is 0 Å². The SMILES string of the molecule is CC1CNC(C)(C)CN1c1ccc2c(c1)CCC2. The van der Waals surface area contributed by atoms with Crippen molar-refractivity contribution < 1.29 is 0 Å². The van der Waals surface area contributed by atoms with Crippen molar-refractivity contribution in [3.05, 3.63) is 29.3 Å². The molecule has 2 heteroatoms. The van der Waals surface area contributed by atoms with E-state index in [9.17, 15) is 0 Å². The molecule has 0 spiro atoms. The minimum Gasteiger partial charge on any atom is -0.366 e. The summed E-state index contributed by atoms with van der Waals surface area (Å²) in [6.45, 7) is 9.06. The minimum absolute atomic E-state index is 0.214. The number of aryl methyl sites for hydroxylation is 2. The third-order valence-electron chi connectivity index (χ3n) is 4.39. The maximum Gasteiger partial charge on any atom is 0.0387 e. The third kappa shape index (κ3) is 2.14. The number of nitrogens with one attached hydrogen (secondary N) is 1. The number of benzene rings is 1. The Balaban J connectivity index is 1.89. The van der Waals surface area contributed by atoms with Crippen molar-refractivity contribution in [3.8, 4) is 0 Å². The highest BCUT2D eigenvalue weighted by atomic mass is 15.2. The van der Waals surface area contributed by atoms with E-state index in [0.717, 1.165) is 13.1 Å². The summed E-state index contributed by atoms with van der Waals surface area (Å²) in [7, 11) is 0. The standard InChI is InChI=1S/C16H24N2/c1-12-10-17-16(2,3)11-18(12)15-8-7-13-5-4-6-14(13)9-15/h7-9,12,17H,4-6,10-11H2,1-3H3. The van der Waals surface area contributed by atoms with E-state index >= 15 is 0 Å². The Morgan fingerprint density at radius 3 is 2.83 bits per heavy atom. The van der Waals surface area contributed by atoms with Gasteiger partial charge in [0, 0.05) is 30.4 Å². The summed E-state index contributed by atoms with van der Waals surface area (Å²) in [5.41, 5.74) is 4.78. The molecule has 1 aromatic rings. The van der Waals surface area contributed by atoms with Crippen molar-refractivity contribution in [2.24, 2.45) is 0 Å². The van der Waals surface area contributed by atoms with Gasteiger partial charge in [-0.2, -0.15) is 0 Å². The summed E-state index contributed by atoms with van der Waals surface area (Å²) in [6.07, 6.45) is 3.88. The zero-order valence-corrected chi connectivity index (χ0v) is 11.8. The third-order valence-corrected chi connectivity index (χ3v) is 4.39. The Morgan fingerprint density at radius 1 is 1.22 bits per heavy atom. The molecule has 18 heavy (non-hydrogen) atoms. The van der Waals surface area contributed by atoms with E-state index in [1.165, 1.54) is 24.9 Å². The lowest BCUT2D eigenvalue weighted by atomic mass is 9.98. The van der Waals surface area contributed by atoms with Crippen molar-refractivity contribution in [1.82, 2.24) is 5.32 Å². The fraction of sp³-hybridized carbons (Fsp3) is 0.625. The van der Waals surface area contributed by atoms with Crippen LogP contribution in [0.1, 0.15) is 38.3 Å². The maximum atomic E-state index is 3.62. The van der Waals surface area contributed by atoms with Crippen LogP contribution in [0.3, 0.4) is 0 Å². The first kappa shape index (κ1) is 12.0. The molecular formula is C16H24N2. The molecule has 1 heterocycles. The molecule has 2 aliphatic rings. The van der Waals surface area contributed by atoms with Crippen LogP contribution in [0.2, 0.25) is 0 Å². The van der Waals surface area contributed by atoms with Crippen molar-refractivity contribution in [3.63, 3.8) is 0 Å². The van der Waals surface area contributed by atoms with Gasteiger partial charge in [0.25, 0.3) is 0 Å². The van der Waals surface area contributed by atoms with Gasteiger partial charge in [-0.15, -0.1) is 0 Å². The minimum atomic E-state index is 0.214. The topological polar surface area (TPSA) is 15.3 Å². The van der Waals surface area contributed by atoms with Crippen LogP contribution in [0.5, 0.6) is 0 Å². The van der Waals surface area contributed by atoms with Crippen LogP contribution in [-0.4, -0.2) is 24.7 Å². The summed E-state index contributed by atoms with van der Waals surface area (Å²) in [5.74, 6) is 0. The predicted molar refractivity (Wildman–Crippen MR) is 77.4 cm³/mol. The molecule has 98 valence electrons. The number of nitrogens with zero attached hydrogens (tertiary/aromatic N) is 1. The van der Waals surface area contributed by atoms with Crippen LogP contribution >= 0.6 is 0 Å². The van der Waals surface area contributed by atoms with E-state index in [1.54, 1.807) is 11.1 Å². The lowest BCUT2D eigenvalue weighted by Crippen LogP contribution is -2.61. The Labute approximate surface area is 110 Å². The van der Waals surface area contributed by atoms with Gasteiger partial charge in [0.2, 0.25) is 0 Å². The fourth-order valence-corrected chi connectivity index (χ4v) is 3.25. The van der Waals surface area contributed by atoms with Crippen LogP contribution in [0.25, 0.3) is 0 Å². The molecule has 1 saturated heterocycles. The summed E-state index contributed by atoms with van der Waals surface area (Å²) < 4.78 is 0. The molecule has 0 amide bonds. The van der Waals surface area contributed by atoms with Crippen molar-refractivity contribution in [2.75, 3.05) is 18.0 Å². The first-order valence-electron chi connectivity index (χ1n) is 7.19. The highest BCUT2D eigenvalue weighted by Crippen LogP contribution is 2.29. The van der Waals surface area contributed by atoms with Crippen molar-refractivity contribution in [1.29, 1.82) is 0 Å². The zero-order valence-electron chi connectivity index (χ0n) is 11.8. The van der Waals surface area contributed by atoms with E-state index < -0.39 is 0 Å². The predicted octanol–water partition coefficient (Wildman–Crippen LogP) is 2.75. The van der Waals surface area contributed by atoms with Crippen molar-refractivity contribution >= 4 is 5.69 Å². The summed E-state index contributed by atoms with van der Waals surface area (Å²) in [6, 6.07) is 7.68. The summed E-state index contributed by atoms with van der Waals surface area (Å²) in [4.78, 5) is 2.56. The van der Waals surface area contributed by atoms with Gasteiger partial charge in [-0.05, 0) is 63.3 Å². The second-order valence-electron chi connectivity index (χ2n) is 6.55. The van der Waals surface area contributed by atoms with Crippen LogP contribution in [0, 0.1) is 0 Å². The van der Waals surface area contributed by atoms with Gasteiger partial charge >= 0.3 is 0 Å². The largest absolute Gasteiger partial charge is 0.366 e. The van der Waals surface area contributed by atoms with Gasteiger partial charge in [-0.3, -0.25) is 0 Å². The van der Waals surface area contributed by atoms with Crippen LogP contribution in [0.4, 0.5) is 5.69 Å². The van der Waals surface area contributed by atoms with Gasteiger partial charge in [0.05, 0.1) is 0 Å². The Morgan fingerprint density at radius 2 is 2.00 bits per heavy atom. The number of fused-ring (bicyclic) bond motifs is 1. The summed E-state index contributed by atoms with van der Waals surface area (Å²) >= 11 is 0. The van der Waals surface area contributed by atoms with E-state index in [0.29, 0.717) is 6.04 Å². The average Bonchev–Trinajstić information content (AvgIpc) is 2.79. The van der Waals surface area contributed by atoms with E-state index in [4.69, 9.17) is 0 Å². The molecule has 0 saturated carbocycles. The molecule has 1 aliphatic carbocycles. The Bertz CT molecular complexity index is 450. The molecule has 1 unspecified atom stereocenters. The van der Waals surface area contributed by atoms with Crippen LogP contribution < -0.4 is 10.2 Å². The zero-order chi connectivity index (χ0) is 12.8. The first-order chi connectivity index (χ1) is 8.55. The number of rotatable bonds is 1. The molecule has 2 nitrogen and oxygen atoms in total. The van der Waals surface area contributed by atoms with E-state index in [1.807, 2.05) is 0 Å². The molecule has 1 N–H and O–H groups in total. The molecular weight excluding hydrogens is 220 g/mol. The Kier molecular flexibility index (Phi) is 2.86. The molecule has 1 aliphatic heterocycles. The normalized spacial score (nSPS) is 26.2. The summed E-state index contributed by atoms with van der Waals surface area (Å²) in [5, 5.41) is 3.62. The molecule has 0 radical (unpaired) electrons. The van der Waals surface area contributed by atoms with Crippen molar-refractivity contribution in [2.45, 2.75) is 51.6 Å². The quantitative estimate of drug-likeness (QED) is 0.817. The van der Waals surface area contributed by atoms with Gasteiger partial charge in [0.1, 0.15) is 0 Å².